The average Bonchev–Trinajstić information content (AvgIpc) is 2.75. The lowest BCUT2D eigenvalue weighted by Crippen LogP contribution is -2.52. The summed E-state index contributed by atoms with van der Waals surface area (Å²) < 4.78 is 0. The van der Waals surface area contributed by atoms with E-state index >= 15 is 0 Å². The number of hydrogen-bond acceptors (Lipinski definition) is 3. The molecule has 150 valence electrons. The van der Waals surface area contributed by atoms with E-state index in [0.29, 0.717) is 19.6 Å². The number of nitrogens with one attached hydrogen (secondary N) is 1. The van der Waals surface area contributed by atoms with Crippen LogP contribution in [0.25, 0.3) is 6.08 Å². The smallest absolute Gasteiger partial charge is 0.311 e. The van der Waals surface area contributed by atoms with Crippen molar-refractivity contribution < 1.29 is 9.59 Å². The van der Waals surface area contributed by atoms with Crippen LogP contribution in [0.2, 0.25) is 0 Å². The fourth-order valence-corrected chi connectivity index (χ4v) is 3.72. The first-order chi connectivity index (χ1) is 13.7. The Morgan fingerprint density at radius 2 is 1.82 bits per heavy atom. The fourth-order valence-electron chi connectivity index (χ4n) is 3.72. The molecule has 28 heavy (non-hydrogen) atoms. The molecule has 0 atom stereocenters. The molecule has 0 bridgehead atoms. The third kappa shape index (κ3) is 6.34. The van der Waals surface area contributed by atoms with Gasteiger partial charge in [-0.05, 0) is 37.7 Å². The molecule has 0 aromatic heterocycles. The van der Waals surface area contributed by atoms with Crippen molar-refractivity contribution in [3.05, 3.63) is 53.6 Å². The first-order valence-electron chi connectivity index (χ1n) is 10.4. The van der Waals surface area contributed by atoms with Crippen molar-refractivity contribution in [2.45, 2.75) is 32.1 Å². The number of carbonyl (C=O) groups excluding carboxylic acids is 2. The number of hydrogen-bond donors (Lipinski definition) is 1. The van der Waals surface area contributed by atoms with Gasteiger partial charge >= 0.3 is 11.8 Å². The standard InChI is InChI=1S/C23H31N3O2/c27-22(24-14-13-21-10-5-2-6-11-21)23(28)26-18-16-25(17-19-26)15-7-12-20-8-3-1-4-9-20/h1,3-4,7-10,12H,2,5-6,11,13-19H2,(H,24,27)/b12-7+. The van der Waals surface area contributed by atoms with Crippen molar-refractivity contribution in [2.75, 3.05) is 39.3 Å². The van der Waals surface area contributed by atoms with E-state index in [2.05, 4.69) is 40.6 Å². The van der Waals surface area contributed by atoms with Crippen LogP contribution >= 0.6 is 0 Å². The molecule has 1 aromatic rings. The number of piperazine rings is 1. The Morgan fingerprint density at radius 3 is 2.54 bits per heavy atom. The molecular formula is C23H31N3O2. The molecular weight excluding hydrogens is 350 g/mol. The second-order valence-corrected chi connectivity index (χ2v) is 7.52. The van der Waals surface area contributed by atoms with E-state index in [4.69, 9.17) is 0 Å². The Bertz CT molecular complexity index is 704. The third-order valence-electron chi connectivity index (χ3n) is 5.44. The second-order valence-electron chi connectivity index (χ2n) is 7.52. The monoisotopic (exact) mass is 381 g/mol. The van der Waals surface area contributed by atoms with Crippen molar-refractivity contribution in [1.29, 1.82) is 0 Å². The molecule has 5 nitrogen and oxygen atoms in total. The van der Waals surface area contributed by atoms with Gasteiger partial charge in [-0.3, -0.25) is 14.5 Å². The van der Waals surface area contributed by atoms with Crippen LogP contribution < -0.4 is 5.32 Å². The largest absolute Gasteiger partial charge is 0.348 e. The summed E-state index contributed by atoms with van der Waals surface area (Å²) in [5.41, 5.74) is 2.60. The minimum atomic E-state index is -0.464. The summed E-state index contributed by atoms with van der Waals surface area (Å²) in [6, 6.07) is 10.2. The molecule has 1 saturated heterocycles. The van der Waals surface area contributed by atoms with E-state index < -0.39 is 11.8 Å². The maximum Gasteiger partial charge on any atom is 0.311 e. The summed E-state index contributed by atoms with van der Waals surface area (Å²) in [5.74, 6) is -0.856. The first-order valence-corrected chi connectivity index (χ1v) is 10.4. The van der Waals surface area contributed by atoms with E-state index in [1.165, 1.54) is 24.0 Å². The molecule has 0 saturated carbocycles. The second kappa shape index (κ2) is 10.8. The molecule has 1 aromatic carbocycles. The highest BCUT2D eigenvalue weighted by atomic mass is 16.2. The van der Waals surface area contributed by atoms with Crippen molar-refractivity contribution in [3.8, 4) is 0 Å². The zero-order valence-corrected chi connectivity index (χ0v) is 16.6. The summed E-state index contributed by atoms with van der Waals surface area (Å²) in [6.45, 7) is 4.22. The fraction of sp³-hybridized carbons (Fsp3) is 0.478. The summed E-state index contributed by atoms with van der Waals surface area (Å²) in [4.78, 5) is 28.5. The molecule has 1 N–H and O–H groups in total. The third-order valence-corrected chi connectivity index (χ3v) is 5.44. The molecule has 3 rings (SSSR count). The molecule has 1 aliphatic carbocycles. The van der Waals surface area contributed by atoms with E-state index in [-0.39, 0.29) is 0 Å². The summed E-state index contributed by atoms with van der Waals surface area (Å²) in [5, 5.41) is 2.79. The molecule has 0 spiro atoms. The van der Waals surface area contributed by atoms with Gasteiger partial charge in [0.25, 0.3) is 0 Å². The molecule has 2 aliphatic rings. The Kier molecular flexibility index (Phi) is 7.85. The molecule has 0 radical (unpaired) electrons. The van der Waals surface area contributed by atoms with E-state index in [9.17, 15) is 9.59 Å². The van der Waals surface area contributed by atoms with Gasteiger partial charge in [-0.25, -0.2) is 0 Å². The molecule has 1 aliphatic heterocycles. The first kappa shape index (κ1) is 20.3. The lowest BCUT2D eigenvalue weighted by atomic mass is 9.97. The SMILES string of the molecule is O=C(NCCC1=CCCCC1)C(=O)N1CCN(C/C=C/c2ccccc2)CC1. The molecule has 1 heterocycles. The molecule has 0 unspecified atom stereocenters. The lowest BCUT2D eigenvalue weighted by Gasteiger charge is -2.33. The topological polar surface area (TPSA) is 52.7 Å². The Morgan fingerprint density at radius 1 is 1.04 bits per heavy atom. The van der Waals surface area contributed by atoms with Gasteiger partial charge in [-0.2, -0.15) is 0 Å². The zero-order chi connectivity index (χ0) is 19.6. The predicted octanol–water partition coefficient (Wildman–Crippen LogP) is 2.85. The summed E-state index contributed by atoms with van der Waals surface area (Å²) in [7, 11) is 0. The minimum absolute atomic E-state index is 0.392. The van der Waals surface area contributed by atoms with Crippen molar-refractivity contribution in [1.82, 2.24) is 15.1 Å². The van der Waals surface area contributed by atoms with E-state index in [0.717, 1.165) is 38.9 Å². The normalized spacial score (nSPS) is 18.1. The van der Waals surface area contributed by atoms with Crippen LogP contribution in [0.3, 0.4) is 0 Å². The number of benzene rings is 1. The maximum atomic E-state index is 12.4. The molecule has 1 fully saturated rings. The van der Waals surface area contributed by atoms with Gasteiger partial charge in [0, 0.05) is 39.3 Å². The van der Waals surface area contributed by atoms with Gasteiger partial charge in [0.2, 0.25) is 0 Å². The van der Waals surface area contributed by atoms with Crippen LogP contribution in [0.1, 0.15) is 37.7 Å². The number of carbonyl (C=O) groups is 2. The van der Waals surface area contributed by atoms with Crippen LogP contribution in [0.5, 0.6) is 0 Å². The van der Waals surface area contributed by atoms with Crippen molar-refractivity contribution in [3.63, 3.8) is 0 Å². The molecule has 5 heteroatoms. The summed E-state index contributed by atoms with van der Waals surface area (Å²) in [6.07, 6.45) is 12.2. The highest BCUT2D eigenvalue weighted by Gasteiger charge is 2.25. The predicted molar refractivity (Wildman–Crippen MR) is 113 cm³/mol. The van der Waals surface area contributed by atoms with Gasteiger partial charge < -0.3 is 10.2 Å². The van der Waals surface area contributed by atoms with Crippen molar-refractivity contribution >= 4 is 17.9 Å². The van der Waals surface area contributed by atoms with E-state index in [1.807, 2.05) is 18.2 Å². The van der Waals surface area contributed by atoms with E-state index in [1.54, 1.807) is 4.90 Å². The number of rotatable bonds is 6. The van der Waals surface area contributed by atoms with Gasteiger partial charge in [0.15, 0.2) is 0 Å². The van der Waals surface area contributed by atoms with Crippen LogP contribution in [0.15, 0.2) is 48.1 Å². The van der Waals surface area contributed by atoms with Crippen molar-refractivity contribution in [2.24, 2.45) is 0 Å². The lowest BCUT2D eigenvalue weighted by molar-refractivity contribution is -0.146. The maximum absolute atomic E-state index is 12.4. The minimum Gasteiger partial charge on any atom is -0.348 e. The number of allylic oxidation sites excluding steroid dienone is 1. The Labute approximate surface area is 168 Å². The van der Waals surface area contributed by atoms with Gasteiger partial charge in [-0.1, -0.05) is 54.1 Å². The average molecular weight is 382 g/mol. The number of amides is 2. The summed E-state index contributed by atoms with van der Waals surface area (Å²) >= 11 is 0. The number of nitrogens with zero attached hydrogens (tertiary/aromatic N) is 2. The zero-order valence-electron chi connectivity index (χ0n) is 16.6. The van der Waals surface area contributed by atoms with Crippen LogP contribution in [0, 0.1) is 0 Å². The van der Waals surface area contributed by atoms with Gasteiger partial charge in [0.05, 0.1) is 0 Å². The van der Waals surface area contributed by atoms with Crippen LogP contribution in [0.4, 0.5) is 0 Å². The Hall–Kier alpha value is -2.40. The quantitative estimate of drug-likeness (QED) is 0.609. The highest BCUT2D eigenvalue weighted by Crippen LogP contribution is 2.19. The Balaban J connectivity index is 1.34. The van der Waals surface area contributed by atoms with Gasteiger partial charge in [0.1, 0.15) is 0 Å². The molecule has 2 amide bonds. The highest BCUT2D eigenvalue weighted by molar-refractivity contribution is 6.35. The van der Waals surface area contributed by atoms with Crippen LogP contribution in [-0.2, 0) is 9.59 Å². The van der Waals surface area contributed by atoms with Crippen LogP contribution in [-0.4, -0.2) is 60.9 Å². The van der Waals surface area contributed by atoms with Gasteiger partial charge in [-0.15, -0.1) is 0 Å².